The van der Waals surface area contributed by atoms with Crippen LogP contribution in [0.5, 0.6) is 0 Å². The van der Waals surface area contributed by atoms with Crippen molar-refractivity contribution in [2.75, 3.05) is 12.8 Å². The number of fused-ring (bicyclic) bond motifs is 1. The molecule has 1 unspecified atom stereocenters. The third-order valence-corrected chi connectivity index (χ3v) is 5.62. The fourth-order valence-electron chi connectivity index (χ4n) is 2.82. The zero-order chi connectivity index (χ0) is 14.3. The fraction of sp³-hybridized carbons (Fsp3) is 0.625. The van der Waals surface area contributed by atoms with Gasteiger partial charge in [0.15, 0.2) is 0 Å². The number of nitrogens with one attached hydrogen (secondary N) is 1. The van der Waals surface area contributed by atoms with Crippen LogP contribution in [0.15, 0.2) is 18.2 Å². The molecule has 1 aliphatic carbocycles. The number of thioether (sulfide) groups is 1. The highest BCUT2D eigenvalue weighted by molar-refractivity contribution is 7.99. The van der Waals surface area contributed by atoms with Gasteiger partial charge < -0.3 is 5.32 Å². The summed E-state index contributed by atoms with van der Waals surface area (Å²) in [7, 11) is 0. The van der Waals surface area contributed by atoms with Gasteiger partial charge in [-0.25, -0.2) is 0 Å². The van der Waals surface area contributed by atoms with Gasteiger partial charge in [0.05, 0.1) is 0 Å². The lowest BCUT2D eigenvalue weighted by Crippen LogP contribution is -2.39. The van der Waals surface area contributed by atoms with Crippen molar-refractivity contribution in [3.63, 3.8) is 0 Å². The Kier molecular flexibility index (Phi) is 4.25. The van der Waals surface area contributed by atoms with E-state index in [1.807, 2.05) is 17.8 Å². The van der Waals surface area contributed by atoms with Gasteiger partial charge in [0.1, 0.15) is 0 Å². The molecule has 0 saturated heterocycles. The summed E-state index contributed by atoms with van der Waals surface area (Å²) in [4.78, 5) is 0. The van der Waals surface area contributed by atoms with E-state index in [2.05, 4.69) is 51.4 Å². The molecule has 3 heteroatoms. The normalized spacial score (nSPS) is 21.5. The summed E-state index contributed by atoms with van der Waals surface area (Å²) in [5.74, 6) is 0. The van der Waals surface area contributed by atoms with Crippen molar-refractivity contribution in [2.24, 2.45) is 5.41 Å². The van der Waals surface area contributed by atoms with Gasteiger partial charge >= 0.3 is 0 Å². The average molecular weight is 298 g/mol. The molecule has 1 aromatic carbocycles. The summed E-state index contributed by atoms with van der Waals surface area (Å²) >= 11 is 8.07. The summed E-state index contributed by atoms with van der Waals surface area (Å²) in [6.45, 7) is 10.3. The second-order valence-corrected chi connectivity index (χ2v) is 8.74. The molecule has 2 rings (SSSR count). The summed E-state index contributed by atoms with van der Waals surface area (Å²) < 4.78 is 0.261. The average Bonchev–Trinajstić information content (AvgIpc) is 2.56. The molecule has 0 bridgehead atoms. The molecule has 1 nitrogen and oxygen atoms in total. The lowest BCUT2D eigenvalue weighted by molar-refractivity contribution is 0.265. The second kappa shape index (κ2) is 5.31. The van der Waals surface area contributed by atoms with Crippen LogP contribution in [0, 0.1) is 5.41 Å². The van der Waals surface area contributed by atoms with Crippen LogP contribution < -0.4 is 5.32 Å². The predicted octanol–water partition coefficient (Wildman–Crippen LogP) is 4.69. The Balaban J connectivity index is 2.22. The van der Waals surface area contributed by atoms with Crippen molar-refractivity contribution in [2.45, 2.75) is 44.9 Å². The Morgan fingerprint density at radius 1 is 1.42 bits per heavy atom. The van der Waals surface area contributed by atoms with Crippen molar-refractivity contribution in [1.29, 1.82) is 0 Å². The molecule has 1 N–H and O–H groups in total. The maximum Gasteiger partial charge on any atom is 0.0409 e. The SMILES string of the molecule is CSC(C)(C)CNC1c2cc(Cl)ccc2CC1(C)C. The van der Waals surface area contributed by atoms with Crippen LogP contribution in [-0.4, -0.2) is 17.5 Å². The van der Waals surface area contributed by atoms with Gasteiger partial charge in [-0.3, -0.25) is 0 Å². The molecule has 0 aromatic heterocycles. The van der Waals surface area contributed by atoms with E-state index in [-0.39, 0.29) is 10.2 Å². The van der Waals surface area contributed by atoms with E-state index in [9.17, 15) is 0 Å². The molecular weight excluding hydrogens is 274 g/mol. The van der Waals surface area contributed by atoms with E-state index in [4.69, 9.17) is 11.6 Å². The van der Waals surface area contributed by atoms with Crippen LogP contribution in [0.25, 0.3) is 0 Å². The zero-order valence-electron chi connectivity index (χ0n) is 12.5. The van der Waals surface area contributed by atoms with Crippen molar-refractivity contribution in [3.8, 4) is 0 Å². The van der Waals surface area contributed by atoms with Crippen molar-refractivity contribution >= 4 is 23.4 Å². The minimum absolute atomic E-state index is 0.251. The first-order valence-electron chi connectivity index (χ1n) is 6.82. The zero-order valence-corrected chi connectivity index (χ0v) is 14.1. The summed E-state index contributed by atoms with van der Waals surface area (Å²) in [6, 6.07) is 6.72. The van der Waals surface area contributed by atoms with Crippen LogP contribution in [0.3, 0.4) is 0 Å². The number of rotatable bonds is 4. The molecule has 0 saturated carbocycles. The van der Waals surface area contributed by atoms with Gasteiger partial charge in [0.25, 0.3) is 0 Å². The third-order valence-electron chi connectivity index (χ3n) is 4.13. The summed E-state index contributed by atoms with van der Waals surface area (Å²) in [6.07, 6.45) is 3.29. The molecule has 1 aromatic rings. The highest BCUT2D eigenvalue weighted by atomic mass is 35.5. The van der Waals surface area contributed by atoms with Crippen LogP contribution in [0.2, 0.25) is 5.02 Å². The van der Waals surface area contributed by atoms with Gasteiger partial charge in [-0.1, -0.05) is 31.5 Å². The van der Waals surface area contributed by atoms with Gasteiger partial charge in [0, 0.05) is 22.4 Å². The molecule has 1 aliphatic rings. The molecule has 0 aliphatic heterocycles. The Morgan fingerprint density at radius 2 is 2.11 bits per heavy atom. The van der Waals surface area contributed by atoms with Gasteiger partial charge in [-0.2, -0.15) is 11.8 Å². The molecular formula is C16H24ClNS. The van der Waals surface area contributed by atoms with Crippen molar-refractivity contribution < 1.29 is 0 Å². The lowest BCUT2D eigenvalue weighted by Gasteiger charge is -2.32. The minimum atomic E-state index is 0.251. The Labute approximate surface area is 126 Å². The van der Waals surface area contributed by atoms with E-state index in [0.29, 0.717) is 6.04 Å². The first-order valence-corrected chi connectivity index (χ1v) is 8.42. The summed E-state index contributed by atoms with van der Waals surface area (Å²) in [5, 5.41) is 4.61. The second-order valence-electron chi connectivity index (χ2n) is 6.79. The molecule has 0 fully saturated rings. The van der Waals surface area contributed by atoms with Crippen molar-refractivity contribution in [1.82, 2.24) is 5.32 Å². The Bertz CT molecular complexity index is 468. The molecule has 0 amide bonds. The molecule has 0 spiro atoms. The van der Waals surface area contributed by atoms with Crippen LogP contribution in [0.1, 0.15) is 44.9 Å². The Morgan fingerprint density at radius 3 is 2.74 bits per heavy atom. The summed E-state index contributed by atoms with van der Waals surface area (Å²) in [5.41, 5.74) is 3.07. The lowest BCUT2D eigenvalue weighted by atomic mass is 9.85. The largest absolute Gasteiger partial charge is 0.308 e. The van der Waals surface area contributed by atoms with E-state index in [1.54, 1.807) is 0 Å². The van der Waals surface area contributed by atoms with E-state index < -0.39 is 0 Å². The number of hydrogen-bond acceptors (Lipinski definition) is 2. The quantitative estimate of drug-likeness (QED) is 0.865. The number of benzene rings is 1. The molecule has 19 heavy (non-hydrogen) atoms. The topological polar surface area (TPSA) is 12.0 Å². The molecule has 106 valence electrons. The predicted molar refractivity (Wildman–Crippen MR) is 87.3 cm³/mol. The van der Waals surface area contributed by atoms with Gasteiger partial charge in [-0.05, 0) is 55.2 Å². The van der Waals surface area contributed by atoms with E-state index in [1.165, 1.54) is 11.1 Å². The maximum atomic E-state index is 6.17. The number of halogens is 1. The van der Waals surface area contributed by atoms with Crippen LogP contribution in [-0.2, 0) is 6.42 Å². The fourth-order valence-corrected chi connectivity index (χ4v) is 3.22. The molecule has 1 atom stereocenters. The van der Waals surface area contributed by atoms with Gasteiger partial charge in [0.2, 0.25) is 0 Å². The third kappa shape index (κ3) is 3.29. The monoisotopic (exact) mass is 297 g/mol. The van der Waals surface area contributed by atoms with Gasteiger partial charge in [-0.15, -0.1) is 0 Å². The van der Waals surface area contributed by atoms with E-state index >= 15 is 0 Å². The standard InChI is InChI=1S/C16H24ClNS/c1-15(2)9-11-6-7-12(17)8-13(11)14(15)18-10-16(3,4)19-5/h6-8,14,18H,9-10H2,1-5H3. The number of hydrogen-bond donors (Lipinski definition) is 1. The highest BCUT2D eigenvalue weighted by Gasteiger charge is 2.39. The highest BCUT2D eigenvalue weighted by Crippen LogP contribution is 2.46. The van der Waals surface area contributed by atoms with E-state index in [0.717, 1.165) is 18.0 Å². The minimum Gasteiger partial charge on any atom is -0.308 e. The van der Waals surface area contributed by atoms with Crippen LogP contribution in [0.4, 0.5) is 0 Å². The van der Waals surface area contributed by atoms with Crippen LogP contribution >= 0.6 is 23.4 Å². The first kappa shape index (κ1) is 15.2. The maximum absolute atomic E-state index is 6.17. The smallest absolute Gasteiger partial charge is 0.0409 e. The Hall–Kier alpha value is -0.180. The van der Waals surface area contributed by atoms with Crippen molar-refractivity contribution in [3.05, 3.63) is 34.3 Å². The molecule has 0 radical (unpaired) electrons. The first-order chi connectivity index (χ1) is 8.75. The molecule has 0 heterocycles.